The Bertz CT molecular complexity index is 1610. The van der Waals surface area contributed by atoms with E-state index in [1.54, 1.807) is 19.2 Å². The number of aliphatic hydroxyl groups excluding tert-OH is 1. The van der Waals surface area contributed by atoms with Crippen molar-refractivity contribution in [2.24, 2.45) is 0 Å². The second-order valence-electron chi connectivity index (χ2n) is 11.2. The zero-order chi connectivity index (χ0) is 28.8. The molecule has 40 heavy (non-hydrogen) atoms. The van der Waals surface area contributed by atoms with Crippen LogP contribution in [0.15, 0.2) is 52.9 Å². The van der Waals surface area contributed by atoms with Crippen molar-refractivity contribution in [2.75, 3.05) is 7.05 Å². The maximum atomic E-state index is 13.6. The number of hydrogen-bond donors (Lipinski definition) is 3. The largest absolute Gasteiger partial charge is 0.455 e. The van der Waals surface area contributed by atoms with Crippen LogP contribution in [-0.2, 0) is 6.42 Å². The summed E-state index contributed by atoms with van der Waals surface area (Å²) in [6.07, 6.45) is 2.36. The lowest BCUT2D eigenvalue weighted by atomic mass is 9.75. The summed E-state index contributed by atoms with van der Waals surface area (Å²) in [6, 6.07) is 13.8. The van der Waals surface area contributed by atoms with Crippen molar-refractivity contribution in [1.82, 2.24) is 10.6 Å². The van der Waals surface area contributed by atoms with Crippen LogP contribution in [0.25, 0.3) is 33.4 Å². The van der Waals surface area contributed by atoms with Crippen molar-refractivity contribution in [2.45, 2.75) is 65.0 Å². The molecular formula is C33H35FN2O4. The summed E-state index contributed by atoms with van der Waals surface area (Å²) >= 11 is 0. The summed E-state index contributed by atoms with van der Waals surface area (Å²) < 4.78 is 19.9. The number of aryl methyl sites for hydroxylation is 3. The van der Waals surface area contributed by atoms with Crippen LogP contribution >= 0.6 is 0 Å². The number of benzene rings is 3. The number of aliphatic hydroxyl groups is 1. The van der Waals surface area contributed by atoms with Crippen LogP contribution in [0.3, 0.4) is 0 Å². The highest BCUT2D eigenvalue weighted by Crippen LogP contribution is 2.40. The second-order valence-corrected chi connectivity index (χ2v) is 11.2. The quantitative estimate of drug-likeness (QED) is 0.249. The number of fused-ring (bicyclic) bond motifs is 1. The first kappa shape index (κ1) is 27.6. The first-order valence-electron chi connectivity index (χ1n) is 13.7. The fraction of sp³-hybridized carbons (Fsp3) is 0.333. The van der Waals surface area contributed by atoms with Gasteiger partial charge in [-0.05, 0) is 110 Å². The van der Waals surface area contributed by atoms with E-state index in [9.17, 15) is 19.1 Å². The van der Waals surface area contributed by atoms with Gasteiger partial charge in [-0.25, -0.2) is 4.39 Å². The molecule has 0 radical (unpaired) electrons. The average Bonchev–Trinajstić information content (AvgIpc) is 3.26. The van der Waals surface area contributed by atoms with Gasteiger partial charge < -0.3 is 20.2 Å². The molecule has 0 unspecified atom stereocenters. The molecule has 0 aliphatic heterocycles. The number of furan rings is 1. The molecule has 3 aromatic carbocycles. The van der Waals surface area contributed by atoms with Crippen LogP contribution in [0.5, 0.6) is 0 Å². The fourth-order valence-electron chi connectivity index (χ4n) is 5.88. The van der Waals surface area contributed by atoms with Gasteiger partial charge in [-0.2, -0.15) is 0 Å². The third kappa shape index (κ3) is 5.02. The van der Waals surface area contributed by atoms with E-state index >= 15 is 0 Å². The summed E-state index contributed by atoms with van der Waals surface area (Å²) in [7, 11) is 1.57. The standard InChI is InChI=1S/C33H35FN2O4/c1-6-7-21-13-28-27(29(32(39)35-5)30(40-28)20-8-10-22(34)11-9-20)15-26(21)24-14-25(19(3)12-18(24)2)31(38)36-33(4)16-23(37)17-33/h8-15,23,37H,6-7,16-17H2,1-5H3,(H,35,39)(H,36,38). The van der Waals surface area contributed by atoms with E-state index in [2.05, 4.69) is 17.6 Å². The van der Waals surface area contributed by atoms with E-state index in [0.29, 0.717) is 46.3 Å². The smallest absolute Gasteiger partial charge is 0.255 e. The van der Waals surface area contributed by atoms with Crippen molar-refractivity contribution < 1.29 is 23.5 Å². The molecule has 2 amide bonds. The van der Waals surface area contributed by atoms with E-state index in [0.717, 1.165) is 40.7 Å². The van der Waals surface area contributed by atoms with E-state index in [1.165, 1.54) is 12.1 Å². The normalized spacial score (nSPS) is 18.4. The number of rotatable bonds is 7. The monoisotopic (exact) mass is 542 g/mol. The predicted molar refractivity (Wildman–Crippen MR) is 155 cm³/mol. The van der Waals surface area contributed by atoms with E-state index in [4.69, 9.17) is 4.42 Å². The zero-order valence-corrected chi connectivity index (χ0v) is 23.6. The Morgan fingerprint density at radius 3 is 2.35 bits per heavy atom. The van der Waals surface area contributed by atoms with Crippen molar-refractivity contribution in [1.29, 1.82) is 0 Å². The first-order valence-corrected chi connectivity index (χ1v) is 13.7. The van der Waals surface area contributed by atoms with Gasteiger partial charge in [0.1, 0.15) is 17.2 Å². The molecule has 0 bridgehead atoms. The lowest BCUT2D eigenvalue weighted by molar-refractivity contribution is 0.0127. The molecule has 1 aromatic heterocycles. The van der Waals surface area contributed by atoms with Crippen molar-refractivity contribution in [3.8, 4) is 22.5 Å². The minimum absolute atomic E-state index is 0.167. The van der Waals surface area contributed by atoms with Crippen LogP contribution in [0.1, 0.15) is 70.5 Å². The third-order valence-electron chi connectivity index (χ3n) is 7.89. The average molecular weight is 543 g/mol. The molecule has 1 aliphatic carbocycles. The minimum Gasteiger partial charge on any atom is -0.455 e. The molecule has 4 aromatic rings. The van der Waals surface area contributed by atoms with Gasteiger partial charge in [0.25, 0.3) is 11.8 Å². The molecule has 7 heteroatoms. The Labute approximate surface area is 233 Å². The maximum Gasteiger partial charge on any atom is 0.255 e. The highest BCUT2D eigenvalue weighted by molar-refractivity contribution is 6.12. The molecule has 208 valence electrons. The number of nitrogens with one attached hydrogen (secondary N) is 2. The molecule has 0 saturated heterocycles. The highest BCUT2D eigenvalue weighted by atomic mass is 19.1. The Balaban J connectivity index is 1.68. The van der Waals surface area contributed by atoms with Crippen molar-refractivity contribution >= 4 is 22.8 Å². The third-order valence-corrected chi connectivity index (χ3v) is 7.89. The summed E-state index contributed by atoms with van der Waals surface area (Å²) in [5.74, 6) is -0.459. The van der Waals surface area contributed by atoms with E-state index in [1.807, 2.05) is 45.0 Å². The molecule has 1 heterocycles. The SMILES string of the molecule is CCCc1cc2oc(-c3ccc(F)cc3)c(C(=O)NC)c2cc1-c1cc(C(=O)NC2(C)CC(O)C2)c(C)cc1C. The van der Waals surface area contributed by atoms with Crippen LogP contribution in [0, 0.1) is 19.7 Å². The fourth-order valence-corrected chi connectivity index (χ4v) is 5.88. The number of carbonyl (C=O) groups excluding carboxylic acids is 2. The number of amides is 2. The van der Waals surface area contributed by atoms with Gasteiger partial charge in [0.15, 0.2) is 0 Å². The number of halogens is 1. The molecule has 3 N–H and O–H groups in total. The van der Waals surface area contributed by atoms with Gasteiger partial charge in [-0.15, -0.1) is 0 Å². The summed E-state index contributed by atoms with van der Waals surface area (Å²) in [4.78, 5) is 26.5. The summed E-state index contributed by atoms with van der Waals surface area (Å²) in [6.45, 7) is 8.00. The van der Waals surface area contributed by atoms with Gasteiger partial charge in [-0.1, -0.05) is 19.4 Å². The van der Waals surface area contributed by atoms with Crippen LogP contribution < -0.4 is 10.6 Å². The molecular weight excluding hydrogens is 507 g/mol. The van der Waals surface area contributed by atoms with Crippen molar-refractivity contribution in [3.05, 3.63) is 82.2 Å². The number of hydrogen-bond acceptors (Lipinski definition) is 4. The lowest BCUT2D eigenvalue weighted by Gasteiger charge is -2.43. The zero-order valence-electron chi connectivity index (χ0n) is 23.6. The topological polar surface area (TPSA) is 91.6 Å². The Kier molecular flexibility index (Phi) is 7.27. The lowest BCUT2D eigenvalue weighted by Crippen LogP contribution is -2.57. The van der Waals surface area contributed by atoms with Crippen LogP contribution in [0.4, 0.5) is 4.39 Å². The van der Waals surface area contributed by atoms with Crippen LogP contribution in [0.2, 0.25) is 0 Å². The molecule has 0 atom stereocenters. The molecule has 1 aliphatic rings. The maximum absolute atomic E-state index is 13.6. The Morgan fingerprint density at radius 1 is 1.02 bits per heavy atom. The van der Waals surface area contributed by atoms with Gasteiger partial charge >= 0.3 is 0 Å². The molecule has 5 rings (SSSR count). The first-order chi connectivity index (χ1) is 19.0. The van der Waals surface area contributed by atoms with Gasteiger partial charge in [0.2, 0.25) is 0 Å². The van der Waals surface area contributed by atoms with Gasteiger partial charge in [0.05, 0.1) is 11.7 Å². The molecule has 6 nitrogen and oxygen atoms in total. The predicted octanol–water partition coefficient (Wildman–Crippen LogP) is 6.48. The molecule has 0 spiro atoms. The van der Waals surface area contributed by atoms with E-state index in [-0.39, 0.29) is 23.7 Å². The van der Waals surface area contributed by atoms with Crippen LogP contribution in [-0.4, -0.2) is 35.6 Å². The highest BCUT2D eigenvalue weighted by Gasteiger charge is 2.40. The summed E-state index contributed by atoms with van der Waals surface area (Å²) in [5, 5.41) is 16.3. The second kappa shape index (κ2) is 10.5. The minimum atomic E-state index is -0.420. The van der Waals surface area contributed by atoms with Gasteiger partial charge in [-0.3, -0.25) is 9.59 Å². The van der Waals surface area contributed by atoms with E-state index < -0.39 is 5.54 Å². The molecule has 1 fully saturated rings. The van der Waals surface area contributed by atoms with Gasteiger partial charge in [0, 0.05) is 29.1 Å². The Hall–Kier alpha value is -3.97. The molecule has 1 saturated carbocycles. The number of carbonyl (C=O) groups is 2. The van der Waals surface area contributed by atoms with Crippen molar-refractivity contribution in [3.63, 3.8) is 0 Å². The summed E-state index contributed by atoms with van der Waals surface area (Å²) in [5.41, 5.74) is 6.49. The Morgan fingerprint density at radius 2 is 1.73 bits per heavy atom.